The molecule has 0 bridgehead atoms. The second-order valence-electron chi connectivity index (χ2n) is 7.71. The van der Waals surface area contributed by atoms with Gasteiger partial charge < -0.3 is 4.74 Å². The van der Waals surface area contributed by atoms with E-state index >= 15 is 0 Å². The fourth-order valence-corrected chi connectivity index (χ4v) is 4.58. The second kappa shape index (κ2) is 7.12. The van der Waals surface area contributed by atoms with Gasteiger partial charge in [-0.15, -0.1) is 0 Å². The standard InChI is InChI=1S/C23H23ClO3/c1-15-9-10-17(16-7-6-8-18(24)13-16)14-19(15)20-21(25)23(27-22(20)26)11-4-2-3-5-12-23/h6-10,13-14,20H,2-5,11-12H2,1H3. The van der Waals surface area contributed by atoms with E-state index in [9.17, 15) is 9.59 Å². The van der Waals surface area contributed by atoms with E-state index in [4.69, 9.17) is 16.3 Å². The number of hydrogen-bond acceptors (Lipinski definition) is 3. The highest BCUT2D eigenvalue weighted by Gasteiger charge is 2.55. The zero-order valence-corrected chi connectivity index (χ0v) is 16.2. The summed E-state index contributed by atoms with van der Waals surface area (Å²) in [6.07, 6.45) is 5.38. The van der Waals surface area contributed by atoms with Crippen molar-refractivity contribution >= 4 is 23.4 Å². The van der Waals surface area contributed by atoms with Crippen molar-refractivity contribution in [2.24, 2.45) is 0 Å². The molecule has 2 aromatic rings. The lowest BCUT2D eigenvalue weighted by Gasteiger charge is -2.24. The lowest BCUT2D eigenvalue weighted by atomic mass is 9.81. The zero-order chi connectivity index (χ0) is 19.0. The van der Waals surface area contributed by atoms with Crippen molar-refractivity contribution in [3.8, 4) is 11.1 Å². The van der Waals surface area contributed by atoms with Crippen molar-refractivity contribution in [3.63, 3.8) is 0 Å². The number of ketones is 1. The van der Waals surface area contributed by atoms with Crippen LogP contribution in [0.3, 0.4) is 0 Å². The third-order valence-corrected chi connectivity index (χ3v) is 6.14. The first-order chi connectivity index (χ1) is 13.0. The maximum Gasteiger partial charge on any atom is 0.322 e. The molecular weight excluding hydrogens is 360 g/mol. The number of carbonyl (C=O) groups is 2. The molecule has 0 radical (unpaired) electrons. The van der Waals surface area contributed by atoms with Crippen LogP contribution < -0.4 is 0 Å². The number of Topliss-reactive ketones (excluding diaryl/α,β-unsaturated/α-hetero) is 1. The van der Waals surface area contributed by atoms with E-state index in [0.717, 1.165) is 47.9 Å². The third kappa shape index (κ3) is 3.29. The summed E-state index contributed by atoms with van der Waals surface area (Å²) in [5.74, 6) is -1.27. The van der Waals surface area contributed by atoms with Gasteiger partial charge in [0.1, 0.15) is 5.92 Å². The summed E-state index contributed by atoms with van der Waals surface area (Å²) in [6, 6.07) is 13.5. The molecule has 2 fully saturated rings. The Balaban J connectivity index is 1.73. The van der Waals surface area contributed by atoms with Crippen LogP contribution in [0.5, 0.6) is 0 Å². The van der Waals surface area contributed by atoms with Crippen LogP contribution in [0, 0.1) is 6.92 Å². The summed E-state index contributed by atoms with van der Waals surface area (Å²) in [6.45, 7) is 1.94. The van der Waals surface area contributed by atoms with Gasteiger partial charge in [-0.05, 0) is 73.1 Å². The Hall–Kier alpha value is -2.13. The molecule has 1 atom stereocenters. The van der Waals surface area contributed by atoms with Crippen molar-refractivity contribution in [3.05, 3.63) is 58.6 Å². The number of hydrogen-bond donors (Lipinski definition) is 0. The number of carbonyl (C=O) groups excluding carboxylic acids is 2. The van der Waals surface area contributed by atoms with Crippen molar-refractivity contribution in [1.29, 1.82) is 0 Å². The number of aryl methyl sites for hydroxylation is 1. The Kier molecular flexibility index (Phi) is 4.81. The molecular formula is C23H23ClO3. The quantitative estimate of drug-likeness (QED) is 0.500. The fourth-order valence-electron chi connectivity index (χ4n) is 4.39. The van der Waals surface area contributed by atoms with Crippen LogP contribution in [0.4, 0.5) is 0 Å². The highest BCUT2D eigenvalue weighted by atomic mass is 35.5. The number of rotatable bonds is 2. The molecule has 140 valence electrons. The summed E-state index contributed by atoms with van der Waals surface area (Å²) in [4.78, 5) is 26.1. The molecule has 27 heavy (non-hydrogen) atoms. The molecule has 1 aliphatic carbocycles. The predicted octanol–water partition coefficient (Wildman–Crippen LogP) is 5.62. The molecule has 1 aliphatic heterocycles. The first-order valence-corrected chi connectivity index (χ1v) is 10.0. The van der Waals surface area contributed by atoms with Crippen LogP contribution >= 0.6 is 11.6 Å². The first-order valence-electron chi connectivity index (χ1n) is 9.64. The average Bonchev–Trinajstić information content (AvgIpc) is 2.80. The second-order valence-corrected chi connectivity index (χ2v) is 8.15. The molecule has 1 unspecified atom stereocenters. The van der Waals surface area contributed by atoms with Crippen LogP contribution in [-0.2, 0) is 14.3 Å². The molecule has 1 saturated carbocycles. The maximum atomic E-state index is 13.3. The van der Waals surface area contributed by atoms with Gasteiger partial charge in [0.2, 0.25) is 0 Å². The molecule has 0 amide bonds. The summed E-state index contributed by atoms with van der Waals surface area (Å²) < 4.78 is 5.76. The monoisotopic (exact) mass is 382 g/mol. The highest BCUT2D eigenvalue weighted by molar-refractivity contribution is 6.30. The largest absolute Gasteiger partial charge is 0.450 e. The van der Waals surface area contributed by atoms with Gasteiger partial charge >= 0.3 is 5.97 Å². The Morgan fingerprint density at radius 3 is 2.37 bits per heavy atom. The minimum atomic E-state index is -0.906. The number of benzene rings is 2. The van der Waals surface area contributed by atoms with Crippen LogP contribution in [-0.4, -0.2) is 17.4 Å². The summed E-state index contributed by atoms with van der Waals surface area (Å²) in [5.41, 5.74) is 2.69. The number of esters is 1. The number of halogens is 1. The van der Waals surface area contributed by atoms with Gasteiger partial charge in [0.15, 0.2) is 11.4 Å². The maximum absolute atomic E-state index is 13.3. The minimum absolute atomic E-state index is 0.0549. The Bertz CT molecular complexity index is 894. The molecule has 4 rings (SSSR count). The van der Waals surface area contributed by atoms with Crippen molar-refractivity contribution in [2.75, 3.05) is 0 Å². The van der Waals surface area contributed by atoms with Gasteiger partial charge in [0.05, 0.1) is 0 Å². The van der Waals surface area contributed by atoms with E-state index in [1.54, 1.807) is 0 Å². The summed E-state index contributed by atoms with van der Waals surface area (Å²) in [7, 11) is 0. The fraction of sp³-hybridized carbons (Fsp3) is 0.391. The molecule has 1 heterocycles. The van der Waals surface area contributed by atoms with Gasteiger partial charge in [-0.1, -0.05) is 48.7 Å². The van der Waals surface area contributed by atoms with E-state index in [0.29, 0.717) is 17.9 Å². The average molecular weight is 383 g/mol. The zero-order valence-electron chi connectivity index (χ0n) is 15.5. The Morgan fingerprint density at radius 2 is 1.67 bits per heavy atom. The first kappa shape index (κ1) is 18.2. The summed E-state index contributed by atoms with van der Waals surface area (Å²) in [5, 5.41) is 0.656. The molecule has 0 aromatic heterocycles. The van der Waals surface area contributed by atoms with Crippen LogP contribution in [0.1, 0.15) is 55.6 Å². The SMILES string of the molecule is Cc1ccc(-c2cccc(Cl)c2)cc1C1C(=O)OC2(CCCCCC2)C1=O. The topological polar surface area (TPSA) is 43.4 Å². The molecule has 1 spiro atoms. The molecule has 2 aliphatic rings. The minimum Gasteiger partial charge on any atom is -0.450 e. The van der Waals surface area contributed by atoms with E-state index in [1.807, 2.05) is 49.4 Å². The number of ether oxygens (including phenoxy) is 1. The van der Waals surface area contributed by atoms with E-state index in [2.05, 4.69) is 0 Å². The molecule has 3 nitrogen and oxygen atoms in total. The Labute approximate surface area is 164 Å². The third-order valence-electron chi connectivity index (χ3n) is 5.90. The molecule has 1 saturated heterocycles. The normalized spacial score (nSPS) is 21.9. The lowest BCUT2D eigenvalue weighted by molar-refractivity contribution is -0.153. The van der Waals surface area contributed by atoms with E-state index in [-0.39, 0.29) is 5.78 Å². The van der Waals surface area contributed by atoms with Crippen molar-refractivity contribution in [1.82, 2.24) is 0 Å². The van der Waals surface area contributed by atoms with Gasteiger partial charge in [-0.25, -0.2) is 0 Å². The molecule has 0 N–H and O–H groups in total. The lowest BCUT2D eigenvalue weighted by Crippen LogP contribution is -2.36. The van der Waals surface area contributed by atoms with Crippen molar-refractivity contribution in [2.45, 2.75) is 57.0 Å². The van der Waals surface area contributed by atoms with Crippen LogP contribution in [0.2, 0.25) is 5.02 Å². The molecule has 2 aromatic carbocycles. The van der Waals surface area contributed by atoms with E-state index < -0.39 is 17.5 Å². The smallest absolute Gasteiger partial charge is 0.322 e. The van der Waals surface area contributed by atoms with E-state index in [1.165, 1.54) is 0 Å². The van der Waals surface area contributed by atoms with Crippen molar-refractivity contribution < 1.29 is 14.3 Å². The Morgan fingerprint density at radius 1 is 0.963 bits per heavy atom. The van der Waals surface area contributed by atoms with Crippen LogP contribution in [0.15, 0.2) is 42.5 Å². The predicted molar refractivity (Wildman–Crippen MR) is 106 cm³/mol. The highest BCUT2D eigenvalue weighted by Crippen LogP contribution is 2.43. The van der Waals surface area contributed by atoms with Crippen LogP contribution in [0.25, 0.3) is 11.1 Å². The summed E-state index contributed by atoms with van der Waals surface area (Å²) >= 11 is 6.12. The van der Waals surface area contributed by atoms with Gasteiger partial charge in [0, 0.05) is 5.02 Å². The molecule has 4 heteroatoms. The van der Waals surface area contributed by atoms with Gasteiger partial charge in [-0.2, -0.15) is 0 Å². The van der Waals surface area contributed by atoms with Gasteiger partial charge in [-0.3, -0.25) is 9.59 Å². The van der Waals surface area contributed by atoms with Gasteiger partial charge in [0.25, 0.3) is 0 Å².